The molecular weight excluding hydrogens is 221 g/mol. The summed E-state index contributed by atoms with van der Waals surface area (Å²) in [7, 11) is 0. The molecule has 2 heterocycles. The first-order valence-electron chi connectivity index (χ1n) is 5.68. The maximum Gasteiger partial charge on any atom is 0.180 e. The molecule has 0 saturated heterocycles. The van der Waals surface area contributed by atoms with Crippen molar-refractivity contribution in [2.24, 2.45) is 5.73 Å². The molecule has 0 radical (unpaired) electrons. The molecule has 1 aromatic carbocycles. The standard InChI is InChI=1S/C12H14FN3O/c1-6-5-17-11-8(13)3-4-9-10(11)16(6)12(15-9)7(2)14/h3-4,6-7H,5,14H2,1-2H3/t6-,7?/m0/s1. The summed E-state index contributed by atoms with van der Waals surface area (Å²) in [5.41, 5.74) is 7.37. The first-order chi connectivity index (χ1) is 8.09. The molecule has 2 N–H and O–H groups in total. The van der Waals surface area contributed by atoms with Crippen molar-refractivity contribution in [2.75, 3.05) is 6.61 Å². The highest BCUT2D eigenvalue weighted by atomic mass is 19.1. The van der Waals surface area contributed by atoms with E-state index in [9.17, 15) is 4.39 Å². The Morgan fingerprint density at radius 2 is 2.35 bits per heavy atom. The molecule has 3 rings (SSSR count). The first kappa shape index (κ1) is 10.5. The van der Waals surface area contributed by atoms with Gasteiger partial charge in [-0.15, -0.1) is 0 Å². The summed E-state index contributed by atoms with van der Waals surface area (Å²) < 4.78 is 21.1. The number of ether oxygens (including phenoxy) is 1. The number of hydrogen-bond acceptors (Lipinski definition) is 3. The molecule has 1 aliphatic heterocycles. The van der Waals surface area contributed by atoms with Gasteiger partial charge in [0, 0.05) is 0 Å². The van der Waals surface area contributed by atoms with Gasteiger partial charge in [-0.05, 0) is 26.0 Å². The summed E-state index contributed by atoms with van der Waals surface area (Å²) in [4.78, 5) is 4.47. The van der Waals surface area contributed by atoms with Gasteiger partial charge in [-0.1, -0.05) is 0 Å². The Morgan fingerprint density at radius 1 is 1.59 bits per heavy atom. The molecule has 0 bridgehead atoms. The van der Waals surface area contributed by atoms with E-state index in [0.717, 1.165) is 16.9 Å². The van der Waals surface area contributed by atoms with Gasteiger partial charge in [0.25, 0.3) is 0 Å². The van der Waals surface area contributed by atoms with Crippen LogP contribution in [0.15, 0.2) is 12.1 Å². The minimum Gasteiger partial charge on any atom is -0.486 e. The maximum absolute atomic E-state index is 13.7. The van der Waals surface area contributed by atoms with Crippen molar-refractivity contribution in [2.45, 2.75) is 25.9 Å². The van der Waals surface area contributed by atoms with Gasteiger partial charge in [-0.25, -0.2) is 9.37 Å². The second-order valence-corrected chi connectivity index (χ2v) is 4.53. The van der Waals surface area contributed by atoms with E-state index in [1.54, 1.807) is 6.07 Å². The van der Waals surface area contributed by atoms with Crippen molar-refractivity contribution in [3.8, 4) is 5.75 Å². The van der Waals surface area contributed by atoms with Gasteiger partial charge < -0.3 is 15.0 Å². The lowest BCUT2D eigenvalue weighted by molar-refractivity contribution is 0.234. The number of nitrogens with zero attached hydrogens (tertiary/aromatic N) is 2. The van der Waals surface area contributed by atoms with Crippen LogP contribution in [0, 0.1) is 5.82 Å². The van der Waals surface area contributed by atoms with E-state index in [-0.39, 0.29) is 17.9 Å². The van der Waals surface area contributed by atoms with Crippen LogP contribution in [-0.2, 0) is 0 Å². The van der Waals surface area contributed by atoms with Crippen LogP contribution < -0.4 is 10.5 Å². The average molecular weight is 235 g/mol. The Hall–Kier alpha value is -1.62. The monoisotopic (exact) mass is 235 g/mol. The minimum absolute atomic E-state index is 0.121. The van der Waals surface area contributed by atoms with Gasteiger partial charge in [0.15, 0.2) is 11.6 Å². The summed E-state index contributed by atoms with van der Waals surface area (Å²) in [6.07, 6.45) is 0. The molecule has 0 aliphatic carbocycles. The lowest BCUT2D eigenvalue weighted by atomic mass is 10.2. The molecule has 1 unspecified atom stereocenters. The number of nitrogens with two attached hydrogens (primary N) is 1. The lowest BCUT2D eigenvalue weighted by Gasteiger charge is -2.25. The zero-order valence-electron chi connectivity index (χ0n) is 9.77. The summed E-state index contributed by atoms with van der Waals surface area (Å²) in [6, 6.07) is 2.99. The molecule has 1 aliphatic rings. The summed E-state index contributed by atoms with van der Waals surface area (Å²) >= 11 is 0. The molecule has 5 heteroatoms. The smallest absolute Gasteiger partial charge is 0.180 e. The van der Waals surface area contributed by atoms with Gasteiger partial charge in [-0.3, -0.25) is 0 Å². The molecule has 0 fully saturated rings. The van der Waals surface area contributed by atoms with Gasteiger partial charge in [0.1, 0.15) is 17.9 Å². The van der Waals surface area contributed by atoms with E-state index < -0.39 is 0 Å². The molecule has 90 valence electrons. The van der Waals surface area contributed by atoms with Crippen molar-refractivity contribution < 1.29 is 9.13 Å². The highest BCUT2D eigenvalue weighted by Gasteiger charge is 2.27. The molecule has 4 nitrogen and oxygen atoms in total. The third-order valence-electron chi connectivity index (χ3n) is 3.10. The van der Waals surface area contributed by atoms with Gasteiger partial charge in [0.05, 0.1) is 17.6 Å². The number of rotatable bonds is 1. The highest BCUT2D eigenvalue weighted by Crippen LogP contribution is 2.36. The SMILES string of the molecule is CC(N)c1nc2ccc(F)c3c2n1[C@@H](C)CO3. The first-order valence-corrected chi connectivity index (χ1v) is 5.68. The number of benzene rings is 1. The molecule has 1 aromatic heterocycles. The average Bonchev–Trinajstić information content (AvgIpc) is 2.67. The van der Waals surface area contributed by atoms with Crippen LogP contribution >= 0.6 is 0 Å². The summed E-state index contributed by atoms with van der Waals surface area (Å²) in [5, 5.41) is 0. The molecular formula is C12H14FN3O. The lowest BCUT2D eigenvalue weighted by Crippen LogP contribution is -2.24. The van der Waals surface area contributed by atoms with Crippen molar-refractivity contribution in [3.63, 3.8) is 0 Å². The fourth-order valence-electron chi connectivity index (χ4n) is 2.33. The van der Waals surface area contributed by atoms with Crippen LogP contribution in [0.25, 0.3) is 11.0 Å². The number of halogens is 1. The van der Waals surface area contributed by atoms with Crippen molar-refractivity contribution >= 4 is 11.0 Å². The molecule has 0 spiro atoms. The summed E-state index contributed by atoms with van der Waals surface area (Å²) in [6.45, 7) is 4.34. The molecule has 0 saturated carbocycles. The minimum atomic E-state index is -0.346. The van der Waals surface area contributed by atoms with Crippen LogP contribution in [0.3, 0.4) is 0 Å². The third kappa shape index (κ3) is 1.35. The molecule has 0 amide bonds. The Bertz CT molecular complexity index is 591. The van der Waals surface area contributed by atoms with E-state index in [1.165, 1.54) is 6.07 Å². The number of imidazole rings is 1. The fraction of sp³-hybridized carbons (Fsp3) is 0.417. The number of aromatic nitrogens is 2. The number of hydrogen-bond donors (Lipinski definition) is 1. The predicted octanol–water partition coefficient (Wildman–Crippen LogP) is 2.15. The van der Waals surface area contributed by atoms with Crippen LogP contribution in [0.4, 0.5) is 4.39 Å². The predicted molar refractivity (Wildman–Crippen MR) is 62.5 cm³/mol. The zero-order chi connectivity index (χ0) is 12.2. The summed E-state index contributed by atoms with van der Waals surface area (Å²) in [5.74, 6) is 0.726. The van der Waals surface area contributed by atoms with Crippen LogP contribution in [0.1, 0.15) is 31.8 Å². The molecule has 2 aromatic rings. The molecule has 17 heavy (non-hydrogen) atoms. The van der Waals surface area contributed by atoms with E-state index in [4.69, 9.17) is 10.5 Å². The van der Waals surface area contributed by atoms with Gasteiger partial charge in [0.2, 0.25) is 0 Å². The van der Waals surface area contributed by atoms with E-state index in [0.29, 0.717) is 12.4 Å². The third-order valence-corrected chi connectivity index (χ3v) is 3.10. The van der Waals surface area contributed by atoms with Crippen molar-refractivity contribution in [1.29, 1.82) is 0 Å². The Balaban J connectivity index is 2.42. The van der Waals surface area contributed by atoms with Crippen LogP contribution in [0.5, 0.6) is 5.75 Å². The van der Waals surface area contributed by atoms with E-state index >= 15 is 0 Å². The quantitative estimate of drug-likeness (QED) is 0.824. The Morgan fingerprint density at radius 3 is 3.06 bits per heavy atom. The maximum atomic E-state index is 13.7. The van der Waals surface area contributed by atoms with Gasteiger partial charge >= 0.3 is 0 Å². The van der Waals surface area contributed by atoms with Crippen molar-refractivity contribution in [1.82, 2.24) is 9.55 Å². The van der Waals surface area contributed by atoms with Gasteiger partial charge in [-0.2, -0.15) is 0 Å². The van der Waals surface area contributed by atoms with Crippen molar-refractivity contribution in [3.05, 3.63) is 23.8 Å². The zero-order valence-corrected chi connectivity index (χ0v) is 9.77. The Labute approximate surface area is 98.2 Å². The normalized spacial score (nSPS) is 20.4. The Kier molecular flexibility index (Phi) is 2.13. The van der Waals surface area contributed by atoms with Crippen LogP contribution in [0.2, 0.25) is 0 Å². The fourth-order valence-corrected chi connectivity index (χ4v) is 2.33. The largest absolute Gasteiger partial charge is 0.486 e. The second kappa shape index (κ2) is 3.43. The van der Waals surface area contributed by atoms with E-state index in [1.807, 2.05) is 18.4 Å². The topological polar surface area (TPSA) is 53.1 Å². The van der Waals surface area contributed by atoms with Crippen LogP contribution in [-0.4, -0.2) is 16.2 Å². The van der Waals surface area contributed by atoms with E-state index in [2.05, 4.69) is 4.98 Å². The molecule has 2 atom stereocenters. The highest BCUT2D eigenvalue weighted by molar-refractivity contribution is 5.83. The second-order valence-electron chi connectivity index (χ2n) is 4.53.